The lowest BCUT2D eigenvalue weighted by Crippen LogP contribution is -1.74. The summed E-state index contributed by atoms with van der Waals surface area (Å²) in [5.41, 5.74) is 0. The highest BCUT2D eigenvalue weighted by Crippen LogP contribution is 2.02. The fourth-order valence-corrected chi connectivity index (χ4v) is 0.428. The van der Waals surface area contributed by atoms with Gasteiger partial charge in [-0.3, -0.25) is 5.26 Å². The SMILES string of the molecule is CCOO.Oc1ccccc1. The molecular weight excluding hydrogens is 144 g/mol. The summed E-state index contributed by atoms with van der Waals surface area (Å²) in [7, 11) is 0. The molecule has 0 amide bonds. The zero-order valence-corrected chi connectivity index (χ0v) is 6.40. The molecule has 62 valence electrons. The van der Waals surface area contributed by atoms with E-state index in [1.807, 2.05) is 6.07 Å². The monoisotopic (exact) mass is 156 g/mol. The minimum atomic E-state index is 0.322. The van der Waals surface area contributed by atoms with Crippen LogP contribution < -0.4 is 0 Å². The van der Waals surface area contributed by atoms with Gasteiger partial charge >= 0.3 is 0 Å². The van der Waals surface area contributed by atoms with Gasteiger partial charge in [-0.1, -0.05) is 18.2 Å². The van der Waals surface area contributed by atoms with Gasteiger partial charge in [0.15, 0.2) is 0 Å². The molecular formula is C8H12O3. The standard InChI is InChI=1S/C6H6O.C2H6O2/c7-6-4-2-1-3-5-6;1-2-4-3/h1-5,7H;3H,2H2,1H3. The maximum Gasteiger partial charge on any atom is 0.115 e. The van der Waals surface area contributed by atoms with Gasteiger partial charge in [-0.15, -0.1) is 0 Å². The van der Waals surface area contributed by atoms with Gasteiger partial charge in [-0.2, -0.15) is 0 Å². The summed E-state index contributed by atoms with van der Waals surface area (Å²) in [6, 6.07) is 8.71. The Kier molecular flexibility index (Phi) is 6.37. The quantitative estimate of drug-likeness (QED) is 0.482. The second kappa shape index (κ2) is 7.05. The Morgan fingerprint density at radius 1 is 1.27 bits per heavy atom. The molecule has 0 aliphatic rings. The Hall–Kier alpha value is -1.06. The minimum absolute atomic E-state index is 0.322. The molecule has 0 atom stereocenters. The predicted molar refractivity (Wildman–Crippen MR) is 42.4 cm³/mol. The van der Waals surface area contributed by atoms with Crippen LogP contribution in [-0.2, 0) is 4.89 Å². The molecule has 0 saturated heterocycles. The first kappa shape index (κ1) is 9.94. The zero-order valence-electron chi connectivity index (χ0n) is 6.40. The number of rotatable bonds is 1. The van der Waals surface area contributed by atoms with E-state index >= 15 is 0 Å². The van der Waals surface area contributed by atoms with E-state index < -0.39 is 0 Å². The van der Waals surface area contributed by atoms with Crippen molar-refractivity contribution in [2.75, 3.05) is 6.61 Å². The highest BCUT2D eigenvalue weighted by Gasteiger charge is 1.74. The molecule has 0 bridgehead atoms. The number of benzene rings is 1. The zero-order chi connectivity index (χ0) is 8.53. The topological polar surface area (TPSA) is 49.7 Å². The van der Waals surface area contributed by atoms with Crippen LogP contribution in [0.15, 0.2) is 30.3 Å². The molecule has 0 aliphatic heterocycles. The Bertz CT molecular complexity index is 160. The number of phenolic OH excluding ortho intramolecular Hbond substituents is 1. The molecule has 1 aromatic carbocycles. The van der Waals surface area contributed by atoms with Gasteiger partial charge < -0.3 is 5.11 Å². The lowest BCUT2D eigenvalue weighted by molar-refractivity contribution is -0.237. The Labute approximate surface area is 65.8 Å². The third-order valence-corrected chi connectivity index (χ3v) is 0.885. The molecule has 3 heteroatoms. The van der Waals surface area contributed by atoms with Crippen LogP contribution >= 0.6 is 0 Å². The molecule has 0 aliphatic carbocycles. The molecule has 0 aromatic heterocycles. The summed E-state index contributed by atoms with van der Waals surface area (Å²) in [6.07, 6.45) is 0. The van der Waals surface area contributed by atoms with Crippen LogP contribution in [0.3, 0.4) is 0 Å². The van der Waals surface area contributed by atoms with Crippen LogP contribution in [-0.4, -0.2) is 17.0 Å². The first-order valence-electron chi connectivity index (χ1n) is 3.31. The van der Waals surface area contributed by atoms with Crippen molar-refractivity contribution in [3.8, 4) is 5.75 Å². The van der Waals surface area contributed by atoms with Gasteiger partial charge in [0.1, 0.15) is 5.75 Å². The molecule has 0 heterocycles. The summed E-state index contributed by atoms with van der Waals surface area (Å²) in [5, 5.41) is 16.0. The molecule has 0 fully saturated rings. The van der Waals surface area contributed by atoms with E-state index in [4.69, 9.17) is 10.4 Å². The number of aromatic hydroxyl groups is 1. The number of hydrogen-bond donors (Lipinski definition) is 2. The molecule has 0 radical (unpaired) electrons. The summed E-state index contributed by atoms with van der Waals surface area (Å²) in [4.78, 5) is 3.54. The lowest BCUT2D eigenvalue weighted by Gasteiger charge is -1.82. The van der Waals surface area contributed by atoms with Crippen molar-refractivity contribution in [3.63, 3.8) is 0 Å². The number of phenols is 1. The highest BCUT2D eigenvalue weighted by molar-refractivity contribution is 5.18. The molecule has 3 nitrogen and oxygen atoms in total. The van der Waals surface area contributed by atoms with Gasteiger partial charge in [-0.25, -0.2) is 4.89 Å². The number of hydrogen-bond acceptors (Lipinski definition) is 3. The van der Waals surface area contributed by atoms with Crippen molar-refractivity contribution in [2.24, 2.45) is 0 Å². The minimum Gasteiger partial charge on any atom is -0.508 e. The molecule has 0 unspecified atom stereocenters. The van der Waals surface area contributed by atoms with Crippen molar-refractivity contribution in [2.45, 2.75) is 6.92 Å². The second-order valence-corrected chi connectivity index (χ2v) is 1.75. The molecule has 1 rings (SSSR count). The largest absolute Gasteiger partial charge is 0.508 e. The van der Waals surface area contributed by atoms with Crippen molar-refractivity contribution in [3.05, 3.63) is 30.3 Å². The van der Waals surface area contributed by atoms with E-state index in [1.165, 1.54) is 0 Å². The van der Waals surface area contributed by atoms with E-state index in [1.54, 1.807) is 31.2 Å². The van der Waals surface area contributed by atoms with Crippen LogP contribution in [0.25, 0.3) is 0 Å². The van der Waals surface area contributed by atoms with Gasteiger partial charge in [0.25, 0.3) is 0 Å². The summed E-state index contributed by atoms with van der Waals surface area (Å²) >= 11 is 0. The fraction of sp³-hybridized carbons (Fsp3) is 0.250. The fourth-order valence-electron chi connectivity index (χ4n) is 0.428. The van der Waals surface area contributed by atoms with Gasteiger partial charge in [0, 0.05) is 0 Å². The maximum atomic E-state index is 8.63. The van der Waals surface area contributed by atoms with Crippen molar-refractivity contribution >= 4 is 0 Å². The van der Waals surface area contributed by atoms with E-state index in [9.17, 15) is 0 Å². The van der Waals surface area contributed by atoms with Crippen molar-refractivity contribution < 1.29 is 15.3 Å². The Morgan fingerprint density at radius 2 is 1.73 bits per heavy atom. The first-order valence-corrected chi connectivity index (χ1v) is 3.31. The third-order valence-electron chi connectivity index (χ3n) is 0.885. The maximum absolute atomic E-state index is 8.63. The Morgan fingerprint density at radius 3 is 1.91 bits per heavy atom. The molecule has 2 N–H and O–H groups in total. The average Bonchev–Trinajstić information content (AvgIpc) is 2.07. The summed E-state index contributed by atoms with van der Waals surface area (Å²) in [6.45, 7) is 2.08. The lowest BCUT2D eigenvalue weighted by atomic mass is 10.3. The van der Waals surface area contributed by atoms with Crippen LogP contribution in [0.2, 0.25) is 0 Å². The summed E-state index contributed by atoms with van der Waals surface area (Å²) < 4.78 is 0. The smallest absolute Gasteiger partial charge is 0.115 e. The number of para-hydroxylation sites is 1. The molecule has 11 heavy (non-hydrogen) atoms. The van der Waals surface area contributed by atoms with Crippen molar-refractivity contribution in [1.82, 2.24) is 0 Å². The molecule has 0 saturated carbocycles. The van der Waals surface area contributed by atoms with Crippen molar-refractivity contribution in [1.29, 1.82) is 0 Å². The van der Waals surface area contributed by atoms with E-state index in [0.717, 1.165) is 0 Å². The van der Waals surface area contributed by atoms with Gasteiger partial charge in [-0.05, 0) is 19.1 Å². The van der Waals surface area contributed by atoms with Gasteiger partial charge in [0.2, 0.25) is 0 Å². The normalized spacial score (nSPS) is 8.18. The highest BCUT2D eigenvalue weighted by atomic mass is 17.1. The Balaban J connectivity index is 0.000000218. The van der Waals surface area contributed by atoms with Crippen LogP contribution in [0, 0.1) is 0 Å². The first-order chi connectivity index (χ1) is 5.31. The molecule has 1 aromatic rings. The van der Waals surface area contributed by atoms with E-state index in [-0.39, 0.29) is 0 Å². The van der Waals surface area contributed by atoms with Gasteiger partial charge in [0.05, 0.1) is 6.61 Å². The van der Waals surface area contributed by atoms with Crippen LogP contribution in [0.1, 0.15) is 6.92 Å². The van der Waals surface area contributed by atoms with E-state index in [0.29, 0.717) is 12.4 Å². The average molecular weight is 156 g/mol. The van der Waals surface area contributed by atoms with Crippen LogP contribution in [0.4, 0.5) is 0 Å². The second-order valence-electron chi connectivity index (χ2n) is 1.75. The van der Waals surface area contributed by atoms with E-state index in [2.05, 4.69) is 4.89 Å². The third kappa shape index (κ3) is 6.83. The molecule has 0 spiro atoms. The predicted octanol–water partition coefficient (Wildman–Crippen LogP) is 1.89. The van der Waals surface area contributed by atoms with Crippen LogP contribution in [0.5, 0.6) is 5.75 Å². The summed E-state index contributed by atoms with van der Waals surface area (Å²) in [5.74, 6) is 0.322.